The maximum Gasteiger partial charge on any atom is 0.162 e. The number of ether oxygens (including phenoxy) is 3. The number of nitrogens with zero attached hydrogens (tertiary/aromatic N) is 3. The molecule has 9 heteroatoms. The Morgan fingerprint density at radius 3 is 2.31 bits per heavy atom. The minimum atomic E-state index is 0. The highest BCUT2D eigenvalue weighted by Crippen LogP contribution is 2.34. The van der Waals surface area contributed by atoms with Crippen molar-refractivity contribution in [3.05, 3.63) is 72.3 Å². The number of methoxy groups -OCH3 is 2. The smallest absolute Gasteiger partial charge is 0.162 e. The summed E-state index contributed by atoms with van der Waals surface area (Å²) < 4.78 is 16.7. The summed E-state index contributed by atoms with van der Waals surface area (Å²) >= 11 is 0. The molecule has 0 aliphatic heterocycles. The van der Waals surface area contributed by atoms with Crippen molar-refractivity contribution < 1.29 is 14.2 Å². The zero-order valence-electron chi connectivity index (χ0n) is 17.9. The van der Waals surface area contributed by atoms with E-state index >= 15 is 0 Å². The van der Waals surface area contributed by atoms with Crippen LogP contribution in [0.15, 0.2) is 61.1 Å². The van der Waals surface area contributed by atoms with Gasteiger partial charge in [-0.15, -0.1) is 24.8 Å². The molecule has 0 saturated carbocycles. The molecule has 0 unspecified atom stereocenters. The zero-order chi connectivity index (χ0) is 20.9. The van der Waals surface area contributed by atoms with Crippen molar-refractivity contribution in [2.24, 2.45) is 0 Å². The van der Waals surface area contributed by atoms with Crippen LogP contribution in [0.1, 0.15) is 11.3 Å². The topological polar surface area (TPSA) is 78.4 Å². The molecule has 0 saturated heterocycles. The van der Waals surface area contributed by atoms with Gasteiger partial charge in [0, 0.05) is 23.3 Å². The summed E-state index contributed by atoms with van der Waals surface area (Å²) in [4.78, 5) is 13.0. The number of nitrogens with one attached hydrogen (secondary N) is 1. The van der Waals surface area contributed by atoms with E-state index in [1.165, 1.54) is 6.33 Å². The number of fused-ring (bicyclic) bond motifs is 1. The first kappa shape index (κ1) is 25.0. The van der Waals surface area contributed by atoms with Crippen LogP contribution in [0.2, 0.25) is 0 Å². The molecule has 2 heterocycles. The van der Waals surface area contributed by atoms with Crippen LogP contribution < -0.4 is 19.5 Å². The highest BCUT2D eigenvalue weighted by molar-refractivity contribution is 5.93. The van der Waals surface area contributed by atoms with Crippen LogP contribution in [-0.4, -0.2) is 29.2 Å². The second-order valence-electron chi connectivity index (χ2n) is 6.66. The van der Waals surface area contributed by atoms with Crippen molar-refractivity contribution in [1.82, 2.24) is 15.0 Å². The maximum absolute atomic E-state index is 5.91. The molecule has 0 radical (unpaired) electrons. The molecule has 168 valence electrons. The zero-order valence-corrected chi connectivity index (χ0v) is 19.5. The van der Waals surface area contributed by atoms with Gasteiger partial charge < -0.3 is 19.5 Å². The van der Waals surface area contributed by atoms with Crippen LogP contribution >= 0.6 is 24.8 Å². The monoisotopic (exact) mass is 474 g/mol. The van der Waals surface area contributed by atoms with Gasteiger partial charge in [-0.3, -0.25) is 4.98 Å². The molecule has 2 aromatic heterocycles. The Morgan fingerprint density at radius 1 is 0.844 bits per heavy atom. The minimum Gasteiger partial charge on any atom is -0.493 e. The van der Waals surface area contributed by atoms with Crippen molar-refractivity contribution in [2.45, 2.75) is 13.5 Å². The summed E-state index contributed by atoms with van der Waals surface area (Å²) in [6.45, 7) is 2.43. The standard InChI is InChI=1S/C23H22N4O3.2ClH/c1-15-10-16(7-8-20(15)30-13-17-6-4-5-9-24-17)27-23-18-11-21(28-2)22(29-3)12-19(18)25-14-26-23;;/h4-12,14H,13H2,1-3H3,(H,25,26,27);2*1H. The highest BCUT2D eigenvalue weighted by Gasteiger charge is 2.11. The SMILES string of the molecule is COc1cc2ncnc(Nc3ccc(OCc4ccccn4)c(C)c3)c2cc1OC.Cl.Cl. The molecule has 0 bridgehead atoms. The fourth-order valence-electron chi connectivity index (χ4n) is 3.14. The molecule has 0 spiro atoms. The Balaban J connectivity index is 0.00000181. The number of aryl methyl sites for hydroxylation is 1. The lowest BCUT2D eigenvalue weighted by Gasteiger charge is -2.14. The van der Waals surface area contributed by atoms with Gasteiger partial charge in [-0.25, -0.2) is 9.97 Å². The van der Waals surface area contributed by atoms with Gasteiger partial charge in [-0.1, -0.05) is 6.07 Å². The van der Waals surface area contributed by atoms with E-state index in [0.29, 0.717) is 23.9 Å². The van der Waals surface area contributed by atoms with Gasteiger partial charge in [0.25, 0.3) is 0 Å². The van der Waals surface area contributed by atoms with E-state index in [2.05, 4.69) is 20.3 Å². The van der Waals surface area contributed by atoms with Crippen LogP contribution in [0.5, 0.6) is 17.2 Å². The number of hydrogen-bond donors (Lipinski definition) is 1. The third kappa shape index (κ3) is 5.49. The Kier molecular flexibility index (Phi) is 8.87. The molecular formula is C23H24Cl2N4O3. The number of rotatable bonds is 7. The maximum atomic E-state index is 5.91. The normalized spacial score (nSPS) is 9.97. The number of pyridine rings is 1. The Hall–Kier alpha value is -3.29. The van der Waals surface area contributed by atoms with Crippen LogP contribution in [0.3, 0.4) is 0 Å². The van der Waals surface area contributed by atoms with Crippen molar-refractivity contribution in [3.8, 4) is 17.2 Å². The Labute approximate surface area is 199 Å². The summed E-state index contributed by atoms with van der Waals surface area (Å²) in [5.74, 6) is 2.74. The Morgan fingerprint density at radius 2 is 1.62 bits per heavy atom. The fraction of sp³-hybridized carbons (Fsp3) is 0.174. The van der Waals surface area contributed by atoms with Gasteiger partial charge in [-0.05, 0) is 48.9 Å². The molecular weight excluding hydrogens is 451 g/mol. The van der Waals surface area contributed by atoms with E-state index in [1.54, 1.807) is 20.4 Å². The predicted octanol–water partition coefficient (Wildman–Crippen LogP) is 5.52. The fourth-order valence-corrected chi connectivity index (χ4v) is 3.14. The van der Waals surface area contributed by atoms with Crippen LogP contribution in [0.4, 0.5) is 11.5 Å². The first-order chi connectivity index (χ1) is 14.7. The molecule has 4 rings (SSSR count). The van der Waals surface area contributed by atoms with Crippen LogP contribution in [0, 0.1) is 6.92 Å². The summed E-state index contributed by atoms with van der Waals surface area (Å²) in [5, 5.41) is 4.20. The van der Waals surface area contributed by atoms with Crippen molar-refractivity contribution >= 4 is 47.2 Å². The molecule has 4 aromatic rings. The van der Waals surface area contributed by atoms with Crippen molar-refractivity contribution in [3.63, 3.8) is 0 Å². The molecule has 7 nitrogen and oxygen atoms in total. The average Bonchev–Trinajstić information content (AvgIpc) is 2.78. The predicted molar refractivity (Wildman–Crippen MR) is 130 cm³/mol. The van der Waals surface area contributed by atoms with Crippen molar-refractivity contribution in [2.75, 3.05) is 19.5 Å². The number of halogens is 2. The lowest BCUT2D eigenvalue weighted by atomic mass is 10.1. The number of benzene rings is 2. The van der Waals surface area contributed by atoms with Gasteiger partial charge in [0.1, 0.15) is 24.5 Å². The van der Waals surface area contributed by atoms with Gasteiger partial charge >= 0.3 is 0 Å². The van der Waals surface area contributed by atoms with Gasteiger partial charge in [0.15, 0.2) is 11.5 Å². The van der Waals surface area contributed by atoms with Gasteiger partial charge in [-0.2, -0.15) is 0 Å². The molecule has 0 aliphatic rings. The van der Waals surface area contributed by atoms with Crippen LogP contribution in [0.25, 0.3) is 10.9 Å². The number of aromatic nitrogens is 3. The molecule has 1 N–H and O–H groups in total. The van der Waals surface area contributed by atoms with E-state index in [1.807, 2.05) is 55.5 Å². The third-order valence-electron chi connectivity index (χ3n) is 4.68. The minimum absolute atomic E-state index is 0. The molecule has 0 atom stereocenters. The summed E-state index contributed by atoms with van der Waals surface area (Å²) in [6, 6.07) is 15.4. The average molecular weight is 475 g/mol. The van der Waals surface area contributed by atoms with E-state index < -0.39 is 0 Å². The Bertz CT molecular complexity index is 1180. The first-order valence-corrected chi connectivity index (χ1v) is 9.45. The second-order valence-corrected chi connectivity index (χ2v) is 6.66. The van der Waals surface area contributed by atoms with E-state index in [9.17, 15) is 0 Å². The molecule has 2 aromatic carbocycles. The van der Waals surface area contributed by atoms with E-state index in [-0.39, 0.29) is 24.8 Å². The third-order valence-corrected chi connectivity index (χ3v) is 4.68. The van der Waals surface area contributed by atoms with Crippen molar-refractivity contribution in [1.29, 1.82) is 0 Å². The van der Waals surface area contributed by atoms with Crippen LogP contribution in [-0.2, 0) is 6.61 Å². The quantitative estimate of drug-likeness (QED) is 0.377. The molecule has 0 aliphatic carbocycles. The molecule has 32 heavy (non-hydrogen) atoms. The summed E-state index contributed by atoms with van der Waals surface area (Å²) in [7, 11) is 3.21. The van der Waals surface area contributed by atoms with E-state index in [4.69, 9.17) is 14.2 Å². The number of anilines is 2. The number of hydrogen-bond acceptors (Lipinski definition) is 7. The lowest BCUT2D eigenvalue weighted by molar-refractivity contribution is 0.299. The van der Waals surface area contributed by atoms with E-state index in [0.717, 1.165) is 33.6 Å². The largest absolute Gasteiger partial charge is 0.493 e. The molecule has 0 fully saturated rings. The summed E-state index contributed by atoms with van der Waals surface area (Å²) in [5.41, 5.74) is 3.55. The highest BCUT2D eigenvalue weighted by atomic mass is 35.5. The lowest BCUT2D eigenvalue weighted by Crippen LogP contribution is -2.00. The van der Waals surface area contributed by atoms with Gasteiger partial charge in [0.05, 0.1) is 25.4 Å². The second kappa shape index (κ2) is 11.4. The molecule has 0 amide bonds. The summed E-state index contributed by atoms with van der Waals surface area (Å²) in [6.07, 6.45) is 3.28. The first-order valence-electron chi connectivity index (χ1n) is 9.45. The van der Waals surface area contributed by atoms with Gasteiger partial charge in [0.2, 0.25) is 0 Å².